The fourth-order valence-corrected chi connectivity index (χ4v) is 3.26. The Hall–Kier alpha value is -2.58. The zero-order valence-corrected chi connectivity index (χ0v) is 15.4. The van der Waals surface area contributed by atoms with Crippen LogP contribution >= 0.6 is 0 Å². The van der Waals surface area contributed by atoms with Crippen molar-refractivity contribution in [2.45, 2.75) is 13.5 Å². The number of rotatable bonds is 6. The van der Waals surface area contributed by atoms with Gasteiger partial charge < -0.3 is 14.8 Å². The number of sulfonamides is 1. The molecule has 26 heavy (non-hydrogen) atoms. The van der Waals surface area contributed by atoms with Gasteiger partial charge in [-0.05, 0) is 24.6 Å². The molecule has 1 heterocycles. The van der Waals surface area contributed by atoms with E-state index in [1.807, 2.05) is 31.2 Å². The van der Waals surface area contributed by atoms with Crippen LogP contribution < -0.4 is 14.8 Å². The minimum atomic E-state index is -3.54. The number of carbonyl (C=O) groups excluding carboxylic acids is 1. The normalized spacial score (nSPS) is 13.0. The number of ether oxygens (including phenoxy) is 2. The molecule has 0 atom stereocenters. The van der Waals surface area contributed by atoms with Gasteiger partial charge in [0, 0.05) is 18.3 Å². The van der Waals surface area contributed by atoms with Crippen molar-refractivity contribution in [3.8, 4) is 11.5 Å². The molecule has 2 aromatic rings. The number of aryl methyl sites for hydroxylation is 1. The first-order valence-corrected chi connectivity index (χ1v) is 9.86. The van der Waals surface area contributed by atoms with Crippen molar-refractivity contribution in [3.63, 3.8) is 0 Å². The molecule has 8 heteroatoms. The predicted octanol–water partition coefficient (Wildman–Crippen LogP) is 2.12. The maximum atomic E-state index is 12.3. The van der Waals surface area contributed by atoms with E-state index in [1.54, 1.807) is 18.2 Å². The third kappa shape index (κ3) is 4.53. The van der Waals surface area contributed by atoms with Gasteiger partial charge in [-0.3, -0.25) is 4.79 Å². The Morgan fingerprint density at radius 2 is 1.81 bits per heavy atom. The van der Waals surface area contributed by atoms with Gasteiger partial charge in [-0.15, -0.1) is 0 Å². The molecule has 1 aliphatic heterocycles. The highest BCUT2D eigenvalue weighted by atomic mass is 32.2. The topological polar surface area (TPSA) is 84.9 Å². The van der Waals surface area contributed by atoms with E-state index in [-0.39, 0.29) is 19.9 Å². The van der Waals surface area contributed by atoms with Gasteiger partial charge >= 0.3 is 0 Å². The first-order valence-electron chi connectivity index (χ1n) is 8.01. The van der Waals surface area contributed by atoms with E-state index in [0.29, 0.717) is 17.2 Å². The van der Waals surface area contributed by atoms with Gasteiger partial charge in [-0.25, -0.2) is 8.42 Å². The maximum Gasteiger partial charge on any atom is 0.239 e. The van der Waals surface area contributed by atoms with Crippen molar-refractivity contribution in [3.05, 3.63) is 53.6 Å². The minimum Gasteiger partial charge on any atom is -0.454 e. The van der Waals surface area contributed by atoms with Gasteiger partial charge in [0.1, 0.15) is 0 Å². The van der Waals surface area contributed by atoms with Crippen molar-refractivity contribution < 1.29 is 22.7 Å². The zero-order valence-electron chi connectivity index (χ0n) is 14.6. The highest BCUT2D eigenvalue weighted by Gasteiger charge is 2.21. The summed E-state index contributed by atoms with van der Waals surface area (Å²) in [6.07, 6.45) is 1.09. The van der Waals surface area contributed by atoms with Crippen LogP contribution in [0.25, 0.3) is 0 Å². The zero-order chi connectivity index (χ0) is 18.7. The van der Waals surface area contributed by atoms with Crippen LogP contribution in [0.3, 0.4) is 0 Å². The molecule has 3 rings (SSSR count). The van der Waals surface area contributed by atoms with E-state index in [9.17, 15) is 13.2 Å². The van der Waals surface area contributed by atoms with Crippen LogP contribution in [-0.4, -0.2) is 38.2 Å². The second-order valence-electron chi connectivity index (χ2n) is 6.13. The molecule has 0 radical (unpaired) electrons. The van der Waals surface area contributed by atoms with E-state index < -0.39 is 15.9 Å². The fraction of sp³-hybridized carbons (Fsp3) is 0.278. The second kappa shape index (κ2) is 7.35. The number of anilines is 1. The number of nitrogens with zero attached hydrogens (tertiary/aromatic N) is 1. The number of hydrogen-bond acceptors (Lipinski definition) is 5. The van der Waals surface area contributed by atoms with Crippen LogP contribution in [0.1, 0.15) is 11.1 Å². The Balaban J connectivity index is 1.68. The van der Waals surface area contributed by atoms with E-state index >= 15 is 0 Å². The molecule has 1 N–H and O–H groups in total. The van der Waals surface area contributed by atoms with Crippen LogP contribution in [0.2, 0.25) is 0 Å². The van der Waals surface area contributed by atoms with Crippen molar-refractivity contribution in [2.24, 2.45) is 0 Å². The molecule has 1 aliphatic rings. The third-order valence-corrected chi connectivity index (χ3v) is 5.12. The molecule has 0 saturated heterocycles. The smallest absolute Gasteiger partial charge is 0.239 e. The van der Waals surface area contributed by atoms with Crippen molar-refractivity contribution in [1.29, 1.82) is 0 Å². The summed E-state index contributed by atoms with van der Waals surface area (Å²) in [4.78, 5) is 12.3. The molecule has 0 spiro atoms. The van der Waals surface area contributed by atoms with Crippen molar-refractivity contribution in [2.75, 3.05) is 24.9 Å². The summed E-state index contributed by atoms with van der Waals surface area (Å²) in [5.41, 5.74) is 2.42. The molecule has 0 aromatic heterocycles. The summed E-state index contributed by atoms with van der Waals surface area (Å²) in [6, 6.07) is 12.5. The summed E-state index contributed by atoms with van der Waals surface area (Å²) in [5, 5.41) is 2.69. The molecule has 0 unspecified atom stereocenters. The SMILES string of the molecule is Cc1ccc(CN(CC(=O)Nc2ccc3c(c2)OCO3)S(C)(=O)=O)cc1. The summed E-state index contributed by atoms with van der Waals surface area (Å²) < 4.78 is 35.7. The standard InChI is InChI=1S/C18H20N2O5S/c1-13-3-5-14(6-4-13)10-20(26(2,22)23)11-18(21)19-15-7-8-16-17(9-15)25-12-24-16/h3-9H,10-12H2,1-2H3,(H,19,21). The molecule has 0 fully saturated rings. The molecule has 2 aromatic carbocycles. The van der Waals surface area contributed by atoms with Gasteiger partial charge in [-0.1, -0.05) is 29.8 Å². The van der Waals surface area contributed by atoms with Crippen molar-refractivity contribution >= 4 is 21.6 Å². The van der Waals surface area contributed by atoms with Crippen LogP contribution in [0.15, 0.2) is 42.5 Å². The lowest BCUT2D eigenvalue weighted by atomic mass is 10.1. The quantitative estimate of drug-likeness (QED) is 0.835. The Morgan fingerprint density at radius 1 is 1.12 bits per heavy atom. The Morgan fingerprint density at radius 3 is 2.50 bits per heavy atom. The summed E-state index contributed by atoms with van der Waals surface area (Å²) in [6.45, 7) is 1.96. The van der Waals surface area contributed by atoms with Crippen LogP contribution in [0, 0.1) is 6.92 Å². The second-order valence-corrected chi connectivity index (χ2v) is 8.12. The third-order valence-electron chi connectivity index (χ3n) is 3.92. The lowest BCUT2D eigenvalue weighted by molar-refractivity contribution is -0.116. The van der Waals surface area contributed by atoms with Gasteiger partial charge in [-0.2, -0.15) is 4.31 Å². The summed E-state index contributed by atoms with van der Waals surface area (Å²) in [5.74, 6) is 0.726. The lowest BCUT2D eigenvalue weighted by Gasteiger charge is -2.19. The molecule has 1 amide bonds. The molecule has 0 saturated carbocycles. The Kier molecular flexibility index (Phi) is 5.15. The average molecular weight is 376 g/mol. The number of nitrogens with one attached hydrogen (secondary N) is 1. The van der Waals surface area contributed by atoms with Gasteiger partial charge in [0.2, 0.25) is 22.7 Å². The van der Waals surface area contributed by atoms with E-state index in [0.717, 1.165) is 21.7 Å². The van der Waals surface area contributed by atoms with Crippen LogP contribution in [-0.2, 0) is 21.4 Å². The molecule has 138 valence electrons. The highest BCUT2D eigenvalue weighted by molar-refractivity contribution is 7.88. The van der Waals surface area contributed by atoms with Crippen molar-refractivity contribution in [1.82, 2.24) is 4.31 Å². The fourth-order valence-electron chi connectivity index (χ4n) is 2.52. The monoisotopic (exact) mass is 376 g/mol. The highest BCUT2D eigenvalue weighted by Crippen LogP contribution is 2.34. The predicted molar refractivity (Wildman–Crippen MR) is 97.6 cm³/mol. The molecular formula is C18H20N2O5S. The number of fused-ring (bicyclic) bond motifs is 1. The number of amides is 1. The molecule has 7 nitrogen and oxygen atoms in total. The van der Waals surface area contributed by atoms with Gasteiger partial charge in [0.25, 0.3) is 0 Å². The van der Waals surface area contributed by atoms with Crippen LogP contribution in [0.5, 0.6) is 11.5 Å². The van der Waals surface area contributed by atoms with E-state index in [1.165, 1.54) is 0 Å². The Bertz CT molecular complexity index is 910. The minimum absolute atomic E-state index is 0.133. The molecule has 0 bridgehead atoms. The van der Waals surface area contributed by atoms with E-state index in [4.69, 9.17) is 9.47 Å². The van der Waals surface area contributed by atoms with Gasteiger partial charge in [0.05, 0.1) is 12.8 Å². The first kappa shape index (κ1) is 18.2. The first-order chi connectivity index (χ1) is 12.3. The largest absolute Gasteiger partial charge is 0.454 e. The van der Waals surface area contributed by atoms with E-state index in [2.05, 4.69) is 5.32 Å². The maximum absolute atomic E-state index is 12.3. The summed E-state index contributed by atoms with van der Waals surface area (Å²) in [7, 11) is -3.54. The molecule has 0 aliphatic carbocycles. The summed E-state index contributed by atoms with van der Waals surface area (Å²) >= 11 is 0. The lowest BCUT2D eigenvalue weighted by Crippen LogP contribution is -2.36. The molecular weight excluding hydrogens is 356 g/mol. The Labute approximate surface area is 152 Å². The van der Waals surface area contributed by atoms with Crippen LogP contribution in [0.4, 0.5) is 5.69 Å². The number of carbonyl (C=O) groups is 1. The number of benzene rings is 2. The number of hydrogen-bond donors (Lipinski definition) is 1. The van der Waals surface area contributed by atoms with Gasteiger partial charge in [0.15, 0.2) is 11.5 Å². The average Bonchev–Trinajstić information content (AvgIpc) is 3.03.